The molecule has 38 heavy (non-hydrogen) atoms. The summed E-state index contributed by atoms with van der Waals surface area (Å²) in [7, 11) is 0. The summed E-state index contributed by atoms with van der Waals surface area (Å²) in [4.78, 5) is 28.2. The smallest absolute Gasteiger partial charge is 0.254 e. The van der Waals surface area contributed by atoms with Crippen LogP contribution in [0.25, 0.3) is 11.1 Å². The molecule has 0 aromatic heterocycles. The fourth-order valence-electron chi connectivity index (χ4n) is 5.35. The zero-order valence-electron chi connectivity index (χ0n) is 21.8. The van der Waals surface area contributed by atoms with Gasteiger partial charge in [0.1, 0.15) is 0 Å². The molecule has 0 spiro atoms. The third-order valence-corrected chi connectivity index (χ3v) is 7.78. The van der Waals surface area contributed by atoms with Crippen molar-refractivity contribution in [3.8, 4) is 22.6 Å². The first-order valence-corrected chi connectivity index (χ1v) is 13.3. The number of rotatable bonds is 6. The van der Waals surface area contributed by atoms with Crippen LogP contribution in [0.3, 0.4) is 0 Å². The molecule has 6 rings (SSSR count). The van der Waals surface area contributed by atoms with Gasteiger partial charge >= 0.3 is 0 Å². The zero-order chi connectivity index (χ0) is 26.3. The fourth-order valence-corrected chi connectivity index (χ4v) is 5.35. The normalized spacial score (nSPS) is 17.4. The number of amides is 2. The van der Waals surface area contributed by atoms with Crippen LogP contribution >= 0.6 is 0 Å². The first kappa shape index (κ1) is 24.5. The van der Waals surface area contributed by atoms with Gasteiger partial charge in [0.25, 0.3) is 5.91 Å². The van der Waals surface area contributed by atoms with Crippen LogP contribution in [-0.4, -0.2) is 49.8 Å². The second-order valence-electron chi connectivity index (χ2n) is 10.5. The minimum atomic E-state index is -0.542. The lowest BCUT2D eigenvalue weighted by Crippen LogP contribution is -2.40. The first-order chi connectivity index (χ1) is 18.4. The maximum absolute atomic E-state index is 13.5. The molecule has 196 valence electrons. The Balaban J connectivity index is 1.24. The zero-order valence-corrected chi connectivity index (χ0v) is 21.8. The highest BCUT2D eigenvalue weighted by molar-refractivity contribution is 6.02. The van der Waals surface area contributed by atoms with Crippen LogP contribution in [0.5, 0.6) is 11.5 Å². The number of fused-ring (bicyclic) bond motifs is 1. The van der Waals surface area contributed by atoms with E-state index in [4.69, 9.17) is 14.2 Å². The molecule has 2 aliphatic heterocycles. The molecular weight excluding hydrogens is 480 g/mol. The molecular formula is C31H32N2O5. The molecule has 1 aliphatic carbocycles. The Morgan fingerprint density at radius 2 is 1.63 bits per heavy atom. The second-order valence-corrected chi connectivity index (χ2v) is 10.5. The van der Waals surface area contributed by atoms with E-state index in [-0.39, 0.29) is 18.6 Å². The van der Waals surface area contributed by atoms with E-state index in [1.807, 2.05) is 59.5 Å². The molecule has 2 heterocycles. The van der Waals surface area contributed by atoms with Gasteiger partial charge in [-0.15, -0.1) is 0 Å². The van der Waals surface area contributed by atoms with Gasteiger partial charge in [-0.2, -0.15) is 0 Å². The summed E-state index contributed by atoms with van der Waals surface area (Å²) in [6.45, 7) is 6.93. The lowest BCUT2D eigenvalue weighted by molar-refractivity contribution is -0.118. The van der Waals surface area contributed by atoms with Crippen LogP contribution in [0, 0.1) is 0 Å². The van der Waals surface area contributed by atoms with Crippen molar-refractivity contribution in [3.05, 3.63) is 77.4 Å². The Labute approximate surface area is 222 Å². The molecule has 2 amide bonds. The second kappa shape index (κ2) is 9.80. The molecule has 0 unspecified atom stereocenters. The quantitative estimate of drug-likeness (QED) is 0.482. The molecule has 1 saturated heterocycles. The molecule has 3 aromatic rings. The van der Waals surface area contributed by atoms with E-state index in [1.54, 1.807) is 0 Å². The van der Waals surface area contributed by atoms with Crippen LogP contribution in [0.15, 0.2) is 60.7 Å². The van der Waals surface area contributed by atoms with Gasteiger partial charge < -0.3 is 24.4 Å². The number of carbonyl (C=O) groups excluding carboxylic acids is 2. The number of benzene rings is 3. The van der Waals surface area contributed by atoms with Crippen LogP contribution in [0.4, 0.5) is 5.69 Å². The Bertz CT molecular complexity index is 1370. The third-order valence-electron chi connectivity index (χ3n) is 7.78. The van der Waals surface area contributed by atoms with Gasteiger partial charge in [-0.1, -0.05) is 38.1 Å². The molecule has 2 fully saturated rings. The highest BCUT2D eigenvalue weighted by Crippen LogP contribution is 2.51. The lowest BCUT2D eigenvalue weighted by atomic mass is 9.91. The maximum atomic E-state index is 13.5. The van der Waals surface area contributed by atoms with Gasteiger partial charge in [0, 0.05) is 24.3 Å². The molecule has 3 aliphatic rings. The van der Waals surface area contributed by atoms with Crippen molar-refractivity contribution >= 4 is 17.5 Å². The van der Waals surface area contributed by atoms with Crippen LogP contribution in [0.2, 0.25) is 0 Å². The van der Waals surface area contributed by atoms with E-state index in [2.05, 4.69) is 25.2 Å². The van der Waals surface area contributed by atoms with Gasteiger partial charge in [0.05, 0.1) is 18.6 Å². The van der Waals surface area contributed by atoms with E-state index in [9.17, 15) is 9.59 Å². The van der Waals surface area contributed by atoms with Crippen molar-refractivity contribution in [3.63, 3.8) is 0 Å². The third kappa shape index (κ3) is 4.52. The Kier molecular flexibility index (Phi) is 6.32. The Hall–Kier alpha value is -3.84. The number of anilines is 1. The van der Waals surface area contributed by atoms with E-state index < -0.39 is 5.41 Å². The van der Waals surface area contributed by atoms with Crippen molar-refractivity contribution in [1.29, 1.82) is 0 Å². The molecule has 1 N–H and O–H groups in total. The standard InChI is InChI=1S/C31H32N2O5/c1-20(2)25-9-8-24(32-30(35)31(11-12-31)23-7-10-27-28(17-23)38-19-37-27)18-26(25)21-3-5-22(6-4-21)29(34)33-13-15-36-16-14-33/h3-10,17-18,20H,11-16,19H2,1-2H3,(H,32,35). The highest BCUT2D eigenvalue weighted by Gasteiger charge is 2.51. The van der Waals surface area contributed by atoms with E-state index >= 15 is 0 Å². The first-order valence-electron chi connectivity index (χ1n) is 13.3. The number of carbonyl (C=O) groups is 2. The van der Waals surface area contributed by atoms with E-state index in [0.29, 0.717) is 43.5 Å². The van der Waals surface area contributed by atoms with Crippen molar-refractivity contribution in [1.82, 2.24) is 4.90 Å². The van der Waals surface area contributed by atoms with E-state index in [0.717, 1.165) is 41.0 Å². The highest BCUT2D eigenvalue weighted by atomic mass is 16.7. The SMILES string of the molecule is CC(C)c1ccc(NC(=O)C2(c3ccc4c(c3)OCO4)CC2)cc1-c1ccc(C(=O)N2CCOCC2)cc1. The number of nitrogens with one attached hydrogen (secondary N) is 1. The summed E-state index contributed by atoms with van der Waals surface area (Å²) >= 11 is 0. The van der Waals surface area contributed by atoms with Gasteiger partial charge in [-0.25, -0.2) is 0 Å². The van der Waals surface area contributed by atoms with Crippen LogP contribution in [-0.2, 0) is 14.9 Å². The van der Waals surface area contributed by atoms with Crippen molar-refractivity contribution in [2.24, 2.45) is 0 Å². The molecule has 7 heteroatoms. The van der Waals surface area contributed by atoms with Crippen molar-refractivity contribution in [2.45, 2.75) is 38.0 Å². The molecule has 1 saturated carbocycles. The van der Waals surface area contributed by atoms with Gasteiger partial charge in [0.15, 0.2) is 11.5 Å². The number of ether oxygens (including phenoxy) is 3. The van der Waals surface area contributed by atoms with E-state index in [1.165, 1.54) is 5.56 Å². The van der Waals surface area contributed by atoms with Gasteiger partial charge in [-0.3, -0.25) is 9.59 Å². The maximum Gasteiger partial charge on any atom is 0.254 e. The summed E-state index contributed by atoms with van der Waals surface area (Å²) in [5.41, 5.74) is 5.10. The molecule has 0 radical (unpaired) electrons. The number of nitrogens with zero attached hydrogens (tertiary/aromatic N) is 1. The summed E-state index contributed by atoms with van der Waals surface area (Å²) in [6.07, 6.45) is 1.60. The minimum Gasteiger partial charge on any atom is -0.454 e. The Morgan fingerprint density at radius 1 is 0.895 bits per heavy atom. The lowest BCUT2D eigenvalue weighted by Gasteiger charge is -2.27. The summed E-state index contributed by atoms with van der Waals surface area (Å²) in [6, 6.07) is 19.7. The van der Waals surface area contributed by atoms with Crippen molar-refractivity contribution in [2.75, 3.05) is 38.4 Å². The topological polar surface area (TPSA) is 77.1 Å². The average molecular weight is 513 g/mol. The molecule has 0 bridgehead atoms. The predicted octanol–water partition coefficient (Wildman–Crippen LogP) is 5.35. The summed E-state index contributed by atoms with van der Waals surface area (Å²) < 4.78 is 16.3. The fraction of sp³-hybridized carbons (Fsp3) is 0.355. The monoisotopic (exact) mass is 512 g/mol. The number of hydrogen-bond acceptors (Lipinski definition) is 5. The predicted molar refractivity (Wildman–Crippen MR) is 145 cm³/mol. The van der Waals surface area contributed by atoms with Crippen molar-refractivity contribution < 1.29 is 23.8 Å². The number of hydrogen-bond donors (Lipinski definition) is 1. The van der Waals surface area contributed by atoms with Crippen LogP contribution < -0.4 is 14.8 Å². The largest absolute Gasteiger partial charge is 0.454 e. The molecule has 3 aromatic carbocycles. The summed E-state index contributed by atoms with van der Waals surface area (Å²) in [5, 5.41) is 3.18. The van der Waals surface area contributed by atoms with Gasteiger partial charge in [-0.05, 0) is 77.4 Å². The van der Waals surface area contributed by atoms with Gasteiger partial charge in [0.2, 0.25) is 12.7 Å². The summed E-state index contributed by atoms with van der Waals surface area (Å²) in [5.74, 6) is 1.74. The number of morpholine rings is 1. The average Bonchev–Trinajstić information content (AvgIpc) is 3.63. The Morgan fingerprint density at radius 3 is 2.34 bits per heavy atom. The molecule has 7 nitrogen and oxygen atoms in total. The molecule has 0 atom stereocenters. The van der Waals surface area contributed by atoms with Crippen LogP contribution in [0.1, 0.15) is 54.1 Å². The minimum absolute atomic E-state index is 0.00827.